The van der Waals surface area contributed by atoms with Crippen LogP contribution in [0.1, 0.15) is 18.3 Å². The number of nitrogens with zero attached hydrogens (tertiary/aromatic N) is 4. The van der Waals surface area contributed by atoms with Gasteiger partial charge in [-0.25, -0.2) is 5.06 Å². The van der Waals surface area contributed by atoms with Crippen molar-refractivity contribution in [3.63, 3.8) is 0 Å². The molecule has 31 heavy (non-hydrogen) atoms. The van der Waals surface area contributed by atoms with E-state index in [0.717, 1.165) is 11.5 Å². The summed E-state index contributed by atoms with van der Waals surface area (Å²) in [5.41, 5.74) is 11.3. The molecule has 2 amide bonds. The van der Waals surface area contributed by atoms with Gasteiger partial charge in [0.15, 0.2) is 11.7 Å². The van der Waals surface area contributed by atoms with Crippen molar-refractivity contribution in [2.45, 2.75) is 19.0 Å². The molecule has 7 N–H and O–H groups in total. The number of carbonyl (C=O) groups is 2. The fraction of sp³-hybridized carbons (Fsp3) is 0.294. The SMILES string of the molecule is CC1C(NC(=O)/C(=N\OCCOc2ccc(C(=N)N)cc2)c2nsc(N)n2)C(=O)N1O. The van der Waals surface area contributed by atoms with Gasteiger partial charge in [-0.05, 0) is 31.2 Å². The number of benzene rings is 1. The van der Waals surface area contributed by atoms with Crippen LogP contribution < -0.4 is 21.5 Å². The average Bonchev–Trinajstić information content (AvgIpc) is 3.19. The standard InChI is InChI=1S/C17H20N8O5S/c1-8-11(16(27)25(8)28)21-15(26)12(14-22-17(20)31-24-14)23-30-7-6-29-10-4-2-9(3-5-10)13(18)19/h2-5,8,11,28H,6-7H2,1H3,(H3,18,19)(H,21,26)(H2,20,22,24)/b23-12-. The molecule has 13 nitrogen and oxygen atoms in total. The molecule has 1 fully saturated rings. The van der Waals surface area contributed by atoms with E-state index in [1.54, 1.807) is 31.2 Å². The summed E-state index contributed by atoms with van der Waals surface area (Å²) in [7, 11) is 0. The number of amidine groups is 1. The smallest absolute Gasteiger partial charge is 0.278 e. The van der Waals surface area contributed by atoms with E-state index >= 15 is 0 Å². The molecule has 2 heterocycles. The maximum absolute atomic E-state index is 12.6. The number of nitrogen functional groups attached to an aromatic ring is 2. The van der Waals surface area contributed by atoms with Crippen LogP contribution in [0.3, 0.4) is 0 Å². The first kappa shape index (κ1) is 21.9. The zero-order valence-electron chi connectivity index (χ0n) is 16.3. The van der Waals surface area contributed by atoms with E-state index in [1.165, 1.54) is 0 Å². The van der Waals surface area contributed by atoms with Crippen LogP contribution in [0.4, 0.5) is 5.13 Å². The van der Waals surface area contributed by atoms with Crippen molar-refractivity contribution in [1.29, 1.82) is 5.41 Å². The number of hydroxylamine groups is 2. The van der Waals surface area contributed by atoms with Gasteiger partial charge >= 0.3 is 0 Å². The monoisotopic (exact) mass is 448 g/mol. The zero-order valence-corrected chi connectivity index (χ0v) is 17.1. The number of oxime groups is 1. The lowest BCUT2D eigenvalue weighted by molar-refractivity contribution is -0.207. The molecule has 0 radical (unpaired) electrons. The minimum absolute atomic E-state index is 0.00591. The third-order valence-corrected chi connectivity index (χ3v) is 4.82. The Labute approximate surface area is 180 Å². The lowest BCUT2D eigenvalue weighted by Gasteiger charge is -2.40. The number of ether oxygens (including phenoxy) is 1. The van der Waals surface area contributed by atoms with Crippen molar-refractivity contribution in [3.05, 3.63) is 35.7 Å². The first-order valence-corrected chi connectivity index (χ1v) is 9.75. The molecule has 14 heteroatoms. The van der Waals surface area contributed by atoms with Gasteiger partial charge in [0.25, 0.3) is 11.8 Å². The van der Waals surface area contributed by atoms with Crippen LogP contribution in [0.25, 0.3) is 0 Å². The Balaban J connectivity index is 1.58. The van der Waals surface area contributed by atoms with Crippen LogP contribution in [0.2, 0.25) is 0 Å². The Morgan fingerprint density at radius 2 is 2.10 bits per heavy atom. The normalized spacial score (nSPS) is 18.3. The minimum atomic E-state index is -0.903. The summed E-state index contributed by atoms with van der Waals surface area (Å²) in [4.78, 5) is 33.3. The van der Waals surface area contributed by atoms with Crippen molar-refractivity contribution in [1.82, 2.24) is 19.7 Å². The highest BCUT2D eigenvalue weighted by molar-refractivity contribution is 7.09. The van der Waals surface area contributed by atoms with E-state index < -0.39 is 23.9 Å². The highest BCUT2D eigenvalue weighted by atomic mass is 32.1. The second kappa shape index (κ2) is 9.36. The van der Waals surface area contributed by atoms with E-state index in [2.05, 4.69) is 19.8 Å². The van der Waals surface area contributed by atoms with E-state index in [1.807, 2.05) is 0 Å². The van der Waals surface area contributed by atoms with Crippen LogP contribution in [0.15, 0.2) is 29.4 Å². The summed E-state index contributed by atoms with van der Waals surface area (Å²) in [6, 6.07) is 5.11. The second-order valence-corrected chi connectivity index (χ2v) is 7.17. The maximum atomic E-state index is 12.6. The lowest BCUT2D eigenvalue weighted by atomic mass is 10.00. The molecule has 1 aliphatic rings. The number of hydrogen-bond acceptors (Lipinski definition) is 11. The number of aromatic nitrogens is 2. The highest BCUT2D eigenvalue weighted by Crippen LogP contribution is 2.17. The third kappa shape index (κ3) is 5.04. The van der Waals surface area contributed by atoms with Gasteiger partial charge in [0.1, 0.15) is 24.2 Å². The Bertz CT molecular complexity index is 1010. The Hall–Kier alpha value is -3.78. The van der Waals surface area contributed by atoms with Gasteiger partial charge in [0.05, 0.1) is 6.04 Å². The number of anilines is 1. The van der Waals surface area contributed by atoms with E-state index in [-0.39, 0.29) is 35.7 Å². The van der Waals surface area contributed by atoms with Crippen LogP contribution in [-0.2, 0) is 14.4 Å². The molecular weight excluding hydrogens is 428 g/mol. The number of rotatable bonds is 9. The van der Waals surface area contributed by atoms with Crippen molar-refractivity contribution in [2.24, 2.45) is 10.9 Å². The summed E-state index contributed by atoms with van der Waals surface area (Å²) >= 11 is 0.871. The molecule has 1 aromatic carbocycles. The second-order valence-electron chi connectivity index (χ2n) is 6.39. The Morgan fingerprint density at radius 3 is 2.68 bits per heavy atom. The molecule has 2 aromatic rings. The molecule has 2 unspecified atom stereocenters. The van der Waals surface area contributed by atoms with Gasteiger partial charge in [-0.2, -0.15) is 9.36 Å². The third-order valence-electron chi connectivity index (χ3n) is 4.28. The Morgan fingerprint density at radius 1 is 1.39 bits per heavy atom. The lowest BCUT2D eigenvalue weighted by Crippen LogP contribution is -2.68. The molecule has 0 saturated carbocycles. The van der Waals surface area contributed by atoms with Gasteiger partial charge in [-0.1, -0.05) is 5.16 Å². The van der Waals surface area contributed by atoms with Crippen molar-refractivity contribution in [3.8, 4) is 5.75 Å². The van der Waals surface area contributed by atoms with Crippen LogP contribution >= 0.6 is 11.5 Å². The number of nitrogens with one attached hydrogen (secondary N) is 2. The largest absolute Gasteiger partial charge is 0.490 e. The van der Waals surface area contributed by atoms with Crippen molar-refractivity contribution < 1.29 is 24.4 Å². The zero-order chi connectivity index (χ0) is 22.5. The molecule has 164 valence electrons. The number of nitrogens with two attached hydrogens (primary N) is 2. The quantitative estimate of drug-likeness (QED) is 0.0821. The molecule has 2 atom stereocenters. The van der Waals surface area contributed by atoms with Gasteiger partial charge in [-0.15, -0.1) is 0 Å². The topological polar surface area (TPSA) is 202 Å². The number of amides is 2. The molecule has 1 saturated heterocycles. The van der Waals surface area contributed by atoms with E-state index in [0.29, 0.717) is 16.4 Å². The van der Waals surface area contributed by atoms with Gasteiger partial charge < -0.3 is 26.4 Å². The number of β-lactam (4-membered cyclic amide) rings is 1. The van der Waals surface area contributed by atoms with Gasteiger partial charge in [0, 0.05) is 17.1 Å². The predicted octanol–water partition coefficient (Wildman–Crippen LogP) is -0.691. The maximum Gasteiger partial charge on any atom is 0.278 e. The average molecular weight is 448 g/mol. The van der Waals surface area contributed by atoms with Crippen LogP contribution in [-0.4, -0.2) is 68.3 Å². The minimum Gasteiger partial charge on any atom is -0.490 e. The first-order valence-electron chi connectivity index (χ1n) is 8.97. The summed E-state index contributed by atoms with van der Waals surface area (Å²) < 4.78 is 9.43. The fourth-order valence-electron chi connectivity index (χ4n) is 2.55. The molecule has 1 aliphatic heterocycles. The van der Waals surface area contributed by atoms with E-state index in [4.69, 9.17) is 26.5 Å². The molecule has 0 spiro atoms. The Kier molecular flexibility index (Phi) is 6.61. The van der Waals surface area contributed by atoms with E-state index in [9.17, 15) is 14.8 Å². The molecular formula is C17H20N8O5S. The number of hydrogen-bond donors (Lipinski definition) is 5. The summed E-state index contributed by atoms with van der Waals surface area (Å²) in [6.07, 6.45) is 0. The van der Waals surface area contributed by atoms with Crippen LogP contribution in [0.5, 0.6) is 5.75 Å². The predicted molar refractivity (Wildman–Crippen MR) is 110 cm³/mol. The summed E-state index contributed by atoms with van der Waals surface area (Å²) in [6.45, 7) is 1.68. The number of carbonyl (C=O) groups excluding carboxylic acids is 2. The van der Waals surface area contributed by atoms with Gasteiger partial charge in [0.2, 0.25) is 11.5 Å². The van der Waals surface area contributed by atoms with Crippen molar-refractivity contribution >= 4 is 40.0 Å². The molecule has 0 bridgehead atoms. The van der Waals surface area contributed by atoms with Crippen LogP contribution in [0, 0.1) is 5.41 Å². The molecule has 0 aliphatic carbocycles. The summed E-state index contributed by atoms with van der Waals surface area (Å²) in [5, 5.41) is 23.6. The van der Waals surface area contributed by atoms with Gasteiger partial charge in [-0.3, -0.25) is 20.2 Å². The fourth-order valence-corrected chi connectivity index (χ4v) is 2.99. The summed E-state index contributed by atoms with van der Waals surface area (Å²) in [5.74, 6) is -0.958. The van der Waals surface area contributed by atoms with Crippen molar-refractivity contribution in [2.75, 3.05) is 18.9 Å². The molecule has 3 rings (SSSR count). The first-order chi connectivity index (χ1) is 14.8. The highest BCUT2D eigenvalue weighted by Gasteiger charge is 2.45. The molecule has 1 aromatic heterocycles.